The van der Waals surface area contributed by atoms with E-state index in [9.17, 15) is 0 Å². The highest BCUT2D eigenvalue weighted by Crippen LogP contribution is 2.02. The molecule has 0 amide bonds. The van der Waals surface area contributed by atoms with Crippen molar-refractivity contribution >= 4 is 28.3 Å². The Hall–Kier alpha value is 0.120. The Labute approximate surface area is 87.4 Å². The van der Waals surface area contributed by atoms with E-state index in [-0.39, 0.29) is 12.8 Å². The third-order valence-corrected chi connectivity index (χ3v) is 2.77. The van der Waals surface area contributed by atoms with Crippen LogP contribution in [0.15, 0.2) is 0 Å². The number of hydrogen-bond acceptors (Lipinski definition) is 5. The maximum absolute atomic E-state index is 8.57. The van der Waals surface area contributed by atoms with E-state index < -0.39 is 0 Å². The number of thiocarbonyl (C=S) groups is 1. The highest BCUT2D eigenvalue weighted by molar-refractivity contribution is 8.22. The van der Waals surface area contributed by atoms with Gasteiger partial charge in [-0.25, -0.2) is 0 Å². The van der Waals surface area contributed by atoms with Crippen molar-refractivity contribution in [3.63, 3.8) is 0 Å². The van der Waals surface area contributed by atoms with Crippen LogP contribution >= 0.6 is 24.0 Å². The summed E-state index contributed by atoms with van der Waals surface area (Å²) < 4.78 is 6.07. The van der Waals surface area contributed by atoms with Gasteiger partial charge < -0.3 is 20.5 Å². The molecule has 4 nitrogen and oxygen atoms in total. The average molecular weight is 222 g/mol. The smallest absolute Gasteiger partial charge is 0.141 e. The number of ether oxygens (including phenoxy) is 1. The highest BCUT2D eigenvalue weighted by atomic mass is 32.2. The molecule has 76 valence electrons. The quantitative estimate of drug-likeness (QED) is 0.562. The standard InChI is InChI=1S/C7H14N2O2S2/c10-2-4-13-7(12)9-6-5-8-1-3-11-6/h6,8,10H,1-5H2,(H,9,12). The molecular weight excluding hydrogens is 208 g/mol. The van der Waals surface area contributed by atoms with Gasteiger partial charge in [-0.15, -0.1) is 0 Å². The molecule has 1 aliphatic heterocycles. The molecule has 1 fully saturated rings. The Morgan fingerprint density at radius 2 is 2.62 bits per heavy atom. The number of nitrogens with one attached hydrogen (secondary N) is 2. The summed E-state index contributed by atoms with van der Waals surface area (Å²) in [5, 5.41) is 14.8. The van der Waals surface area contributed by atoms with Gasteiger partial charge in [0.25, 0.3) is 0 Å². The fraction of sp³-hybridized carbons (Fsp3) is 0.857. The molecule has 1 atom stereocenters. The van der Waals surface area contributed by atoms with Crippen molar-refractivity contribution in [3.8, 4) is 0 Å². The molecule has 0 aliphatic carbocycles. The van der Waals surface area contributed by atoms with Crippen LogP contribution in [0.25, 0.3) is 0 Å². The molecule has 0 saturated carbocycles. The summed E-state index contributed by atoms with van der Waals surface area (Å²) in [6.07, 6.45) is -0.0209. The molecule has 0 aromatic heterocycles. The van der Waals surface area contributed by atoms with E-state index in [2.05, 4.69) is 10.6 Å². The maximum atomic E-state index is 8.57. The Morgan fingerprint density at radius 1 is 1.77 bits per heavy atom. The topological polar surface area (TPSA) is 53.5 Å². The van der Waals surface area contributed by atoms with Crippen LogP contribution < -0.4 is 10.6 Å². The van der Waals surface area contributed by atoms with Crippen LogP contribution in [0.4, 0.5) is 0 Å². The molecule has 6 heteroatoms. The van der Waals surface area contributed by atoms with Gasteiger partial charge in [0.2, 0.25) is 0 Å². The number of hydrogen-bond donors (Lipinski definition) is 3. The van der Waals surface area contributed by atoms with Crippen LogP contribution in [0.2, 0.25) is 0 Å². The number of aliphatic hydroxyl groups is 1. The summed E-state index contributed by atoms with van der Waals surface area (Å²) in [6, 6.07) is 0. The van der Waals surface area contributed by atoms with Gasteiger partial charge in [0.1, 0.15) is 10.5 Å². The summed E-state index contributed by atoms with van der Waals surface area (Å²) >= 11 is 6.47. The third kappa shape index (κ3) is 4.78. The second-order valence-electron chi connectivity index (χ2n) is 2.57. The molecule has 1 saturated heterocycles. The Balaban J connectivity index is 2.11. The van der Waals surface area contributed by atoms with Crippen LogP contribution in [0.5, 0.6) is 0 Å². The summed E-state index contributed by atoms with van der Waals surface area (Å²) in [5.41, 5.74) is 0. The summed E-state index contributed by atoms with van der Waals surface area (Å²) in [6.45, 7) is 2.54. The molecular formula is C7H14N2O2S2. The van der Waals surface area contributed by atoms with Gasteiger partial charge in [-0.3, -0.25) is 0 Å². The molecule has 0 spiro atoms. The van der Waals surface area contributed by atoms with Gasteiger partial charge in [-0.05, 0) is 0 Å². The zero-order chi connectivity index (χ0) is 9.52. The van der Waals surface area contributed by atoms with Crippen LogP contribution in [0.3, 0.4) is 0 Å². The zero-order valence-corrected chi connectivity index (χ0v) is 8.92. The molecule has 0 aromatic carbocycles. The van der Waals surface area contributed by atoms with E-state index in [4.69, 9.17) is 22.1 Å². The lowest BCUT2D eigenvalue weighted by Gasteiger charge is -2.25. The average Bonchev–Trinajstić information content (AvgIpc) is 2.16. The zero-order valence-electron chi connectivity index (χ0n) is 7.28. The molecule has 3 N–H and O–H groups in total. The van der Waals surface area contributed by atoms with Crippen molar-refractivity contribution in [3.05, 3.63) is 0 Å². The van der Waals surface area contributed by atoms with Crippen LogP contribution in [-0.2, 0) is 4.74 Å². The van der Waals surface area contributed by atoms with Crippen molar-refractivity contribution in [1.29, 1.82) is 0 Å². The molecule has 1 rings (SSSR count). The van der Waals surface area contributed by atoms with Gasteiger partial charge in [-0.1, -0.05) is 24.0 Å². The van der Waals surface area contributed by atoms with E-state index >= 15 is 0 Å². The number of rotatable bonds is 3. The minimum absolute atomic E-state index is 0.0209. The van der Waals surface area contributed by atoms with Crippen molar-refractivity contribution in [2.75, 3.05) is 32.1 Å². The normalized spacial score (nSPS) is 22.7. The largest absolute Gasteiger partial charge is 0.396 e. The van der Waals surface area contributed by atoms with Gasteiger partial charge >= 0.3 is 0 Å². The summed E-state index contributed by atoms with van der Waals surface area (Å²) in [5.74, 6) is 0.631. The minimum Gasteiger partial charge on any atom is -0.396 e. The minimum atomic E-state index is -0.0209. The lowest BCUT2D eigenvalue weighted by molar-refractivity contribution is 0.0204. The monoisotopic (exact) mass is 222 g/mol. The predicted molar refractivity (Wildman–Crippen MR) is 57.9 cm³/mol. The van der Waals surface area contributed by atoms with E-state index in [0.717, 1.165) is 13.1 Å². The Kier molecular flexibility index (Phi) is 5.65. The first kappa shape index (κ1) is 11.2. The lowest BCUT2D eigenvalue weighted by atomic mass is 10.4. The number of thioether (sulfide) groups is 1. The Bertz CT molecular complexity index is 163. The number of aliphatic hydroxyl groups excluding tert-OH is 1. The molecule has 0 aromatic rings. The van der Waals surface area contributed by atoms with E-state index in [1.54, 1.807) is 0 Å². The van der Waals surface area contributed by atoms with E-state index in [1.165, 1.54) is 11.8 Å². The van der Waals surface area contributed by atoms with Gasteiger partial charge in [0.15, 0.2) is 0 Å². The fourth-order valence-electron chi connectivity index (χ4n) is 0.970. The van der Waals surface area contributed by atoms with Crippen LogP contribution in [0, 0.1) is 0 Å². The van der Waals surface area contributed by atoms with Gasteiger partial charge in [-0.2, -0.15) is 0 Å². The first-order chi connectivity index (χ1) is 6.33. The third-order valence-electron chi connectivity index (χ3n) is 1.53. The Morgan fingerprint density at radius 3 is 3.23 bits per heavy atom. The van der Waals surface area contributed by atoms with Gasteiger partial charge in [0, 0.05) is 18.8 Å². The second kappa shape index (κ2) is 6.56. The maximum Gasteiger partial charge on any atom is 0.141 e. The number of morpholine rings is 1. The molecule has 0 bridgehead atoms. The predicted octanol–water partition coefficient (Wildman–Crippen LogP) is -0.468. The summed E-state index contributed by atoms with van der Waals surface area (Å²) in [7, 11) is 0. The second-order valence-corrected chi connectivity index (χ2v) is 4.34. The van der Waals surface area contributed by atoms with E-state index in [1.807, 2.05) is 0 Å². The molecule has 13 heavy (non-hydrogen) atoms. The highest BCUT2D eigenvalue weighted by Gasteiger charge is 2.13. The van der Waals surface area contributed by atoms with Crippen molar-refractivity contribution in [2.45, 2.75) is 6.23 Å². The van der Waals surface area contributed by atoms with Crippen LogP contribution in [0.1, 0.15) is 0 Å². The molecule has 0 radical (unpaired) electrons. The van der Waals surface area contributed by atoms with Crippen molar-refractivity contribution in [1.82, 2.24) is 10.6 Å². The van der Waals surface area contributed by atoms with Crippen molar-refractivity contribution < 1.29 is 9.84 Å². The molecule has 1 unspecified atom stereocenters. The molecule has 1 heterocycles. The molecule has 1 aliphatic rings. The van der Waals surface area contributed by atoms with E-state index in [0.29, 0.717) is 16.7 Å². The lowest BCUT2D eigenvalue weighted by Crippen LogP contribution is -2.48. The SMILES string of the molecule is OCCSC(=S)NC1CNCCO1. The first-order valence-corrected chi connectivity index (χ1v) is 5.59. The van der Waals surface area contributed by atoms with Gasteiger partial charge in [0.05, 0.1) is 13.2 Å². The first-order valence-electron chi connectivity index (χ1n) is 4.19. The van der Waals surface area contributed by atoms with Crippen LogP contribution in [-0.4, -0.2) is 47.7 Å². The fourth-order valence-corrected chi connectivity index (χ4v) is 1.84. The van der Waals surface area contributed by atoms with Crippen molar-refractivity contribution in [2.24, 2.45) is 0 Å². The summed E-state index contributed by atoms with van der Waals surface area (Å²) in [4.78, 5) is 0.